The molecule has 0 saturated heterocycles. The molecule has 7 heteroatoms. The summed E-state index contributed by atoms with van der Waals surface area (Å²) in [6, 6.07) is 3.29. The zero-order valence-corrected chi connectivity index (χ0v) is 11.2. The van der Waals surface area contributed by atoms with Crippen molar-refractivity contribution >= 4 is 11.5 Å². The number of rotatable bonds is 5. The van der Waals surface area contributed by atoms with Gasteiger partial charge in [0, 0.05) is 0 Å². The Morgan fingerprint density at radius 1 is 1.37 bits per heavy atom. The third-order valence-corrected chi connectivity index (χ3v) is 3.61. The molecule has 0 radical (unpaired) electrons. The summed E-state index contributed by atoms with van der Waals surface area (Å²) in [6.45, 7) is 2.03. The van der Waals surface area contributed by atoms with E-state index in [-0.39, 0.29) is 0 Å². The molecule has 0 aliphatic rings. The molecule has 19 heavy (non-hydrogen) atoms. The largest absolute Gasteiger partial charge is 0.271 e. The van der Waals surface area contributed by atoms with E-state index in [0.717, 1.165) is 35.5 Å². The number of aryl methyl sites for hydroxylation is 1. The maximum absolute atomic E-state index is 13.3. The highest BCUT2D eigenvalue weighted by Gasteiger charge is 2.20. The number of nitrogens with one attached hydrogen (secondary N) is 1. The second kappa shape index (κ2) is 6.14. The van der Waals surface area contributed by atoms with Crippen molar-refractivity contribution in [2.24, 2.45) is 5.84 Å². The van der Waals surface area contributed by atoms with Gasteiger partial charge >= 0.3 is 0 Å². The highest BCUT2D eigenvalue weighted by Crippen LogP contribution is 2.28. The lowest BCUT2D eigenvalue weighted by atomic mass is 10.0. The summed E-state index contributed by atoms with van der Waals surface area (Å²) >= 11 is 1.21. The van der Waals surface area contributed by atoms with E-state index in [9.17, 15) is 8.78 Å². The number of hydrogen-bond acceptors (Lipinski definition) is 5. The van der Waals surface area contributed by atoms with Gasteiger partial charge in [-0.25, -0.2) is 14.2 Å². The third-order valence-electron chi connectivity index (χ3n) is 2.78. The maximum atomic E-state index is 13.3. The zero-order valence-electron chi connectivity index (χ0n) is 10.4. The van der Waals surface area contributed by atoms with Crippen LogP contribution in [-0.2, 0) is 6.42 Å². The van der Waals surface area contributed by atoms with Crippen molar-refractivity contribution in [1.29, 1.82) is 0 Å². The molecule has 0 aliphatic carbocycles. The number of benzene rings is 1. The molecule has 2 aromatic rings. The van der Waals surface area contributed by atoms with Gasteiger partial charge in [0.1, 0.15) is 0 Å². The first-order valence-corrected chi connectivity index (χ1v) is 6.67. The molecule has 0 aliphatic heterocycles. The Hall–Kier alpha value is -1.44. The third kappa shape index (κ3) is 2.94. The first kappa shape index (κ1) is 14.0. The van der Waals surface area contributed by atoms with Crippen LogP contribution in [0.5, 0.6) is 0 Å². The van der Waals surface area contributed by atoms with Gasteiger partial charge in [0.15, 0.2) is 11.6 Å². The normalized spacial score (nSPS) is 12.6. The minimum atomic E-state index is -0.896. The van der Waals surface area contributed by atoms with Gasteiger partial charge in [-0.15, -0.1) is 5.10 Å². The molecule has 2 rings (SSSR count). The standard InChI is InChI=1S/C12H14F2N4S/c1-2-3-10-12(19-18-17-10)11(16-15)7-4-5-8(13)9(14)6-7/h4-6,11,16H,2-3,15H2,1H3. The Morgan fingerprint density at radius 3 is 2.79 bits per heavy atom. The first-order valence-electron chi connectivity index (χ1n) is 5.89. The molecule has 3 N–H and O–H groups in total. The Bertz CT molecular complexity index is 558. The Kier molecular flexibility index (Phi) is 4.52. The van der Waals surface area contributed by atoms with E-state index in [1.807, 2.05) is 6.92 Å². The zero-order chi connectivity index (χ0) is 13.8. The fraction of sp³-hybridized carbons (Fsp3) is 0.333. The predicted octanol–water partition coefficient (Wildman–Crippen LogP) is 2.32. The van der Waals surface area contributed by atoms with Gasteiger partial charge in [0.25, 0.3) is 0 Å². The predicted molar refractivity (Wildman–Crippen MR) is 69.4 cm³/mol. The quantitative estimate of drug-likeness (QED) is 0.653. The van der Waals surface area contributed by atoms with Crippen LogP contribution in [0.2, 0.25) is 0 Å². The molecular weight excluding hydrogens is 270 g/mol. The van der Waals surface area contributed by atoms with Crippen LogP contribution in [0.25, 0.3) is 0 Å². The second-order valence-electron chi connectivity index (χ2n) is 4.11. The number of hydrazine groups is 1. The van der Waals surface area contributed by atoms with Crippen molar-refractivity contribution in [3.05, 3.63) is 46.0 Å². The molecule has 4 nitrogen and oxygen atoms in total. The second-order valence-corrected chi connectivity index (χ2v) is 4.89. The number of nitrogens with zero attached hydrogens (tertiary/aromatic N) is 2. The molecule has 0 fully saturated rings. The molecule has 102 valence electrons. The summed E-state index contributed by atoms with van der Waals surface area (Å²) in [5, 5.41) is 4.05. The summed E-state index contributed by atoms with van der Waals surface area (Å²) < 4.78 is 30.2. The molecular formula is C12H14F2N4S. The van der Waals surface area contributed by atoms with E-state index in [4.69, 9.17) is 5.84 Å². The van der Waals surface area contributed by atoms with Gasteiger partial charge < -0.3 is 0 Å². The molecule has 1 aromatic heterocycles. The smallest absolute Gasteiger partial charge is 0.159 e. The minimum Gasteiger partial charge on any atom is -0.271 e. The van der Waals surface area contributed by atoms with Crippen molar-refractivity contribution in [3.63, 3.8) is 0 Å². The fourth-order valence-corrected chi connectivity index (χ4v) is 2.65. The van der Waals surface area contributed by atoms with Crippen LogP contribution in [0.1, 0.15) is 35.5 Å². The lowest BCUT2D eigenvalue weighted by molar-refractivity contribution is 0.504. The van der Waals surface area contributed by atoms with Gasteiger partial charge in [-0.2, -0.15) is 0 Å². The molecule has 1 atom stereocenters. The molecule has 0 amide bonds. The lowest BCUT2D eigenvalue weighted by Crippen LogP contribution is -2.29. The molecule has 0 spiro atoms. The van der Waals surface area contributed by atoms with Gasteiger partial charge in [-0.1, -0.05) is 23.9 Å². The molecule has 1 aromatic carbocycles. The van der Waals surface area contributed by atoms with E-state index in [2.05, 4.69) is 15.0 Å². The highest BCUT2D eigenvalue weighted by molar-refractivity contribution is 7.05. The number of hydrogen-bond donors (Lipinski definition) is 2. The van der Waals surface area contributed by atoms with Crippen LogP contribution in [0.15, 0.2) is 18.2 Å². The average Bonchev–Trinajstić information content (AvgIpc) is 2.83. The lowest BCUT2D eigenvalue weighted by Gasteiger charge is -2.15. The molecule has 0 saturated carbocycles. The maximum Gasteiger partial charge on any atom is 0.159 e. The van der Waals surface area contributed by atoms with Crippen LogP contribution >= 0.6 is 11.5 Å². The van der Waals surface area contributed by atoms with E-state index in [1.165, 1.54) is 17.6 Å². The van der Waals surface area contributed by atoms with Crippen molar-refractivity contribution in [1.82, 2.24) is 15.0 Å². The first-order chi connectivity index (χ1) is 9.17. The van der Waals surface area contributed by atoms with Crippen molar-refractivity contribution < 1.29 is 8.78 Å². The molecule has 1 unspecified atom stereocenters. The van der Waals surface area contributed by atoms with Crippen LogP contribution in [0, 0.1) is 11.6 Å². The summed E-state index contributed by atoms with van der Waals surface area (Å²) in [5.41, 5.74) is 3.99. The average molecular weight is 284 g/mol. The Labute approximate surface area is 113 Å². The Balaban J connectivity index is 2.38. The molecule has 1 heterocycles. The van der Waals surface area contributed by atoms with Crippen molar-refractivity contribution in [2.45, 2.75) is 25.8 Å². The molecule has 0 bridgehead atoms. The van der Waals surface area contributed by atoms with Crippen LogP contribution in [-0.4, -0.2) is 9.59 Å². The highest BCUT2D eigenvalue weighted by atomic mass is 32.1. The number of halogens is 2. The van der Waals surface area contributed by atoms with E-state index in [1.54, 1.807) is 0 Å². The summed E-state index contributed by atoms with van der Waals surface area (Å²) in [6.07, 6.45) is 1.70. The van der Waals surface area contributed by atoms with Crippen LogP contribution in [0.4, 0.5) is 8.78 Å². The summed E-state index contributed by atoms with van der Waals surface area (Å²) in [5.74, 6) is 3.76. The minimum absolute atomic E-state index is 0.434. The van der Waals surface area contributed by atoms with Crippen LogP contribution < -0.4 is 11.3 Å². The van der Waals surface area contributed by atoms with E-state index in [0.29, 0.717) is 5.56 Å². The van der Waals surface area contributed by atoms with Gasteiger partial charge in [0.05, 0.1) is 16.6 Å². The van der Waals surface area contributed by atoms with Crippen molar-refractivity contribution in [3.8, 4) is 0 Å². The number of aromatic nitrogens is 2. The number of nitrogens with two attached hydrogens (primary N) is 1. The van der Waals surface area contributed by atoms with Gasteiger partial charge in [-0.05, 0) is 35.6 Å². The van der Waals surface area contributed by atoms with Gasteiger partial charge in [-0.3, -0.25) is 5.84 Å². The van der Waals surface area contributed by atoms with E-state index < -0.39 is 17.7 Å². The fourth-order valence-electron chi connectivity index (χ4n) is 1.86. The SMILES string of the molecule is CCCc1nnsc1C(NN)c1ccc(F)c(F)c1. The summed E-state index contributed by atoms with van der Waals surface area (Å²) in [4.78, 5) is 0.829. The van der Waals surface area contributed by atoms with E-state index >= 15 is 0 Å². The Morgan fingerprint density at radius 2 is 2.16 bits per heavy atom. The van der Waals surface area contributed by atoms with Crippen LogP contribution in [0.3, 0.4) is 0 Å². The topological polar surface area (TPSA) is 63.8 Å². The summed E-state index contributed by atoms with van der Waals surface area (Å²) in [7, 11) is 0. The monoisotopic (exact) mass is 284 g/mol. The van der Waals surface area contributed by atoms with Crippen molar-refractivity contribution in [2.75, 3.05) is 0 Å². The van der Waals surface area contributed by atoms with Gasteiger partial charge in [0.2, 0.25) is 0 Å².